The number of hydrogen-bond donors (Lipinski definition) is 0. The quantitative estimate of drug-likeness (QED) is 0.809. The van der Waals surface area contributed by atoms with E-state index in [4.69, 9.17) is 0 Å². The Morgan fingerprint density at radius 2 is 1.70 bits per heavy atom. The molecule has 1 saturated heterocycles. The van der Waals surface area contributed by atoms with Crippen molar-refractivity contribution in [1.29, 1.82) is 0 Å². The fourth-order valence-electron chi connectivity index (χ4n) is 2.83. The SMILES string of the molecule is O=C(c1ccccc1)C1CCCN1S(=O)(=O)c1ccc(F)cc1. The molecule has 2 aromatic carbocycles. The molecule has 0 saturated carbocycles. The maximum atomic E-state index is 13.0. The molecule has 1 unspecified atom stereocenters. The van der Waals surface area contributed by atoms with Crippen molar-refractivity contribution >= 4 is 15.8 Å². The van der Waals surface area contributed by atoms with Gasteiger partial charge in [0.2, 0.25) is 10.0 Å². The van der Waals surface area contributed by atoms with Crippen LogP contribution < -0.4 is 0 Å². The van der Waals surface area contributed by atoms with Crippen molar-refractivity contribution in [3.8, 4) is 0 Å². The van der Waals surface area contributed by atoms with Crippen LogP contribution in [0.3, 0.4) is 0 Å². The number of carbonyl (C=O) groups excluding carboxylic acids is 1. The van der Waals surface area contributed by atoms with Gasteiger partial charge >= 0.3 is 0 Å². The van der Waals surface area contributed by atoms with Gasteiger partial charge in [-0.15, -0.1) is 0 Å². The monoisotopic (exact) mass is 333 g/mol. The Kier molecular flexibility index (Phi) is 4.28. The third kappa shape index (κ3) is 3.04. The maximum Gasteiger partial charge on any atom is 0.243 e. The van der Waals surface area contributed by atoms with Crippen LogP contribution >= 0.6 is 0 Å². The molecule has 6 heteroatoms. The van der Waals surface area contributed by atoms with Gasteiger partial charge in [0, 0.05) is 12.1 Å². The number of rotatable bonds is 4. The molecule has 0 amide bonds. The molecule has 0 N–H and O–H groups in total. The lowest BCUT2D eigenvalue weighted by molar-refractivity contribution is 0.0918. The van der Waals surface area contributed by atoms with Crippen molar-refractivity contribution in [2.45, 2.75) is 23.8 Å². The lowest BCUT2D eigenvalue weighted by Gasteiger charge is -2.23. The Balaban J connectivity index is 1.92. The predicted molar refractivity (Wildman–Crippen MR) is 84.1 cm³/mol. The first-order valence-electron chi connectivity index (χ1n) is 7.37. The molecular formula is C17H16FNO3S. The number of carbonyl (C=O) groups is 1. The Bertz CT molecular complexity index is 803. The fraction of sp³-hybridized carbons (Fsp3) is 0.235. The van der Waals surface area contributed by atoms with E-state index in [2.05, 4.69) is 0 Å². The van der Waals surface area contributed by atoms with E-state index in [-0.39, 0.29) is 10.7 Å². The van der Waals surface area contributed by atoms with Crippen molar-refractivity contribution in [2.24, 2.45) is 0 Å². The molecule has 2 aromatic rings. The van der Waals surface area contributed by atoms with Crippen molar-refractivity contribution < 1.29 is 17.6 Å². The molecule has 23 heavy (non-hydrogen) atoms. The summed E-state index contributed by atoms with van der Waals surface area (Å²) in [5.41, 5.74) is 0.499. The van der Waals surface area contributed by atoms with Crippen LogP contribution in [0.4, 0.5) is 4.39 Å². The second-order valence-electron chi connectivity index (χ2n) is 5.46. The minimum atomic E-state index is -3.81. The molecule has 1 fully saturated rings. The average molecular weight is 333 g/mol. The highest BCUT2D eigenvalue weighted by molar-refractivity contribution is 7.89. The first-order valence-corrected chi connectivity index (χ1v) is 8.81. The van der Waals surface area contributed by atoms with E-state index in [0.29, 0.717) is 24.9 Å². The molecule has 0 bridgehead atoms. The first-order chi connectivity index (χ1) is 11.0. The number of Topliss-reactive ketones (excluding diaryl/α,β-unsaturated/α-hetero) is 1. The average Bonchev–Trinajstić information content (AvgIpc) is 3.06. The van der Waals surface area contributed by atoms with Gasteiger partial charge in [-0.1, -0.05) is 30.3 Å². The van der Waals surface area contributed by atoms with Crippen LogP contribution in [0, 0.1) is 5.82 Å². The summed E-state index contributed by atoms with van der Waals surface area (Å²) in [6, 6.07) is 12.6. The van der Waals surface area contributed by atoms with Gasteiger partial charge in [-0.25, -0.2) is 12.8 Å². The minimum absolute atomic E-state index is 0.00617. The van der Waals surface area contributed by atoms with Gasteiger partial charge in [-0.2, -0.15) is 4.31 Å². The topological polar surface area (TPSA) is 54.5 Å². The molecule has 0 aromatic heterocycles. The Hall–Kier alpha value is -2.05. The minimum Gasteiger partial charge on any atom is -0.292 e. The molecule has 0 aliphatic carbocycles. The second-order valence-corrected chi connectivity index (χ2v) is 7.35. The third-order valence-electron chi connectivity index (χ3n) is 3.98. The summed E-state index contributed by atoms with van der Waals surface area (Å²) < 4.78 is 39.7. The molecule has 3 rings (SSSR count). The van der Waals surface area contributed by atoms with Gasteiger partial charge in [-0.3, -0.25) is 4.79 Å². The van der Waals surface area contributed by atoms with Crippen molar-refractivity contribution in [3.05, 3.63) is 66.0 Å². The molecular weight excluding hydrogens is 317 g/mol. The van der Waals surface area contributed by atoms with Crippen LogP contribution in [0.5, 0.6) is 0 Å². The van der Waals surface area contributed by atoms with E-state index in [1.807, 2.05) is 0 Å². The number of hydrogen-bond acceptors (Lipinski definition) is 3. The zero-order chi connectivity index (χ0) is 16.4. The zero-order valence-electron chi connectivity index (χ0n) is 12.4. The lowest BCUT2D eigenvalue weighted by atomic mass is 10.0. The van der Waals surface area contributed by atoms with Gasteiger partial charge in [0.1, 0.15) is 5.82 Å². The van der Waals surface area contributed by atoms with Gasteiger partial charge in [0.05, 0.1) is 10.9 Å². The Morgan fingerprint density at radius 1 is 1.04 bits per heavy atom. The van der Waals surface area contributed by atoms with Crippen LogP contribution in [0.2, 0.25) is 0 Å². The highest BCUT2D eigenvalue weighted by Crippen LogP contribution is 2.28. The second kappa shape index (κ2) is 6.22. The van der Waals surface area contributed by atoms with Gasteiger partial charge < -0.3 is 0 Å². The zero-order valence-corrected chi connectivity index (χ0v) is 13.2. The number of halogens is 1. The van der Waals surface area contributed by atoms with E-state index >= 15 is 0 Å². The van der Waals surface area contributed by atoms with Crippen LogP contribution in [0.25, 0.3) is 0 Å². The number of nitrogens with zero attached hydrogens (tertiary/aromatic N) is 1. The van der Waals surface area contributed by atoms with Crippen molar-refractivity contribution in [3.63, 3.8) is 0 Å². The third-order valence-corrected chi connectivity index (χ3v) is 5.91. The maximum absolute atomic E-state index is 13.0. The normalized spacial score (nSPS) is 18.9. The molecule has 120 valence electrons. The molecule has 4 nitrogen and oxygen atoms in total. The summed E-state index contributed by atoms with van der Waals surface area (Å²) >= 11 is 0. The number of ketones is 1. The smallest absolute Gasteiger partial charge is 0.243 e. The standard InChI is InChI=1S/C17H16FNO3S/c18-14-8-10-15(11-9-14)23(21,22)19-12-4-7-16(19)17(20)13-5-2-1-3-6-13/h1-3,5-6,8-11,16H,4,7,12H2. The number of benzene rings is 2. The summed E-state index contributed by atoms with van der Waals surface area (Å²) in [5.74, 6) is -0.698. The van der Waals surface area contributed by atoms with Gasteiger partial charge in [-0.05, 0) is 37.1 Å². The number of sulfonamides is 1. The Labute approximate surface area is 134 Å². The van der Waals surface area contributed by atoms with Crippen molar-refractivity contribution in [2.75, 3.05) is 6.54 Å². The molecule has 1 aliphatic rings. The predicted octanol–water partition coefficient (Wildman–Crippen LogP) is 2.86. The molecule has 1 heterocycles. The largest absolute Gasteiger partial charge is 0.292 e. The summed E-state index contributed by atoms with van der Waals surface area (Å²) in [4.78, 5) is 12.6. The molecule has 0 radical (unpaired) electrons. The highest BCUT2D eigenvalue weighted by atomic mass is 32.2. The van der Waals surface area contributed by atoms with E-state index in [0.717, 1.165) is 12.1 Å². The molecule has 1 atom stereocenters. The van der Waals surface area contributed by atoms with Crippen LogP contribution in [0.1, 0.15) is 23.2 Å². The summed E-state index contributed by atoms with van der Waals surface area (Å²) in [6.07, 6.45) is 1.12. The molecule has 1 aliphatic heterocycles. The van der Waals surface area contributed by atoms with Crippen LogP contribution in [0.15, 0.2) is 59.5 Å². The van der Waals surface area contributed by atoms with E-state index in [1.54, 1.807) is 30.3 Å². The molecule has 0 spiro atoms. The van der Waals surface area contributed by atoms with Crippen molar-refractivity contribution in [1.82, 2.24) is 4.31 Å². The van der Waals surface area contributed by atoms with E-state index < -0.39 is 21.9 Å². The van der Waals surface area contributed by atoms with Crippen LogP contribution in [-0.2, 0) is 10.0 Å². The Morgan fingerprint density at radius 3 is 2.35 bits per heavy atom. The fourth-order valence-corrected chi connectivity index (χ4v) is 4.48. The van der Waals surface area contributed by atoms with Gasteiger partial charge in [0.25, 0.3) is 0 Å². The van der Waals surface area contributed by atoms with Crippen LogP contribution in [-0.4, -0.2) is 31.1 Å². The highest BCUT2D eigenvalue weighted by Gasteiger charge is 2.39. The van der Waals surface area contributed by atoms with E-state index in [9.17, 15) is 17.6 Å². The van der Waals surface area contributed by atoms with E-state index in [1.165, 1.54) is 16.4 Å². The first kappa shape index (κ1) is 15.8. The summed E-state index contributed by atoms with van der Waals surface area (Å²) in [6.45, 7) is 0.295. The summed E-state index contributed by atoms with van der Waals surface area (Å²) in [7, 11) is -3.81. The lowest BCUT2D eigenvalue weighted by Crippen LogP contribution is -2.40. The summed E-state index contributed by atoms with van der Waals surface area (Å²) in [5, 5.41) is 0. The van der Waals surface area contributed by atoms with Gasteiger partial charge in [0.15, 0.2) is 5.78 Å².